The van der Waals surface area contributed by atoms with Crippen LogP contribution >= 0.6 is 0 Å². The Hall–Kier alpha value is -1.85. The van der Waals surface area contributed by atoms with Crippen molar-refractivity contribution in [1.82, 2.24) is 15.3 Å². The van der Waals surface area contributed by atoms with Crippen molar-refractivity contribution in [3.05, 3.63) is 11.4 Å². The second-order valence-corrected chi connectivity index (χ2v) is 3.05. The molecule has 0 aliphatic heterocycles. The number of aromatic nitrogens is 2. The molecule has 1 amide bonds. The molecule has 6 heteroatoms. The molecule has 0 fully saturated rings. The van der Waals surface area contributed by atoms with E-state index in [2.05, 4.69) is 15.3 Å². The first-order valence-corrected chi connectivity index (χ1v) is 4.48. The molecule has 82 valence electrons. The van der Waals surface area contributed by atoms with Gasteiger partial charge in [0.1, 0.15) is 0 Å². The van der Waals surface area contributed by atoms with Gasteiger partial charge in [0.2, 0.25) is 0 Å². The van der Waals surface area contributed by atoms with Crippen LogP contribution in [-0.2, 0) is 4.79 Å². The number of nitrogens with zero attached hydrogens (tertiary/aromatic N) is 2. The normalized spacial score (nSPS) is 9.80. The Balaban J connectivity index is 2.75. The van der Waals surface area contributed by atoms with Gasteiger partial charge in [0.15, 0.2) is 6.61 Å². The van der Waals surface area contributed by atoms with Crippen molar-refractivity contribution >= 4 is 11.6 Å². The lowest BCUT2D eigenvalue weighted by Gasteiger charge is -2.07. The molecule has 0 aliphatic rings. The first kappa shape index (κ1) is 11.2. The van der Waals surface area contributed by atoms with Crippen molar-refractivity contribution in [2.75, 3.05) is 19.4 Å². The van der Waals surface area contributed by atoms with Gasteiger partial charge in [-0.1, -0.05) is 0 Å². The lowest BCUT2D eigenvalue weighted by Crippen LogP contribution is -2.25. The van der Waals surface area contributed by atoms with Crippen LogP contribution < -0.4 is 15.8 Å². The number of amides is 1. The van der Waals surface area contributed by atoms with E-state index in [-0.39, 0.29) is 18.5 Å². The van der Waals surface area contributed by atoms with Gasteiger partial charge >= 0.3 is 6.01 Å². The van der Waals surface area contributed by atoms with Crippen LogP contribution in [0.4, 0.5) is 5.69 Å². The lowest BCUT2D eigenvalue weighted by molar-refractivity contribution is -0.122. The minimum absolute atomic E-state index is 0.0979. The van der Waals surface area contributed by atoms with Crippen LogP contribution in [0.15, 0.2) is 0 Å². The predicted molar refractivity (Wildman–Crippen MR) is 55.5 cm³/mol. The molecule has 0 aliphatic carbocycles. The Morgan fingerprint density at radius 1 is 1.40 bits per heavy atom. The zero-order valence-electron chi connectivity index (χ0n) is 9.00. The molecule has 0 bridgehead atoms. The number of carbonyl (C=O) groups is 1. The van der Waals surface area contributed by atoms with Crippen LogP contribution in [0.2, 0.25) is 0 Å². The fraction of sp³-hybridized carbons (Fsp3) is 0.444. The van der Waals surface area contributed by atoms with Gasteiger partial charge < -0.3 is 15.8 Å². The summed E-state index contributed by atoms with van der Waals surface area (Å²) in [5, 5.41) is 2.43. The van der Waals surface area contributed by atoms with Crippen molar-refractivity contribution in [1.29, 1.82) is 0 Å². The summed E-state index contributed by atoms with van der Waals surface area (Å²) >= 11 is 0. The lowest BCUT2D eigenvalue weighted by atomic mass is 10.3. The average molecular weight is 210 g/mol. The fourth-order valence-corrected chi connectivity index (χ4v) is 0.961. The molecule has 0 unspecified atom stereocenters. The van der Waals surface area contributed by atoms with E-state index >= 15 is 0 Å². The van der Waals surface area contributed by atoms with E-state index in [1.165, 1.54) is 7.05 Å². The molecule has 1 heterocycles. The summed E-state index contributed by atoms with van der Waals surface area (Å²) in [6.07, 6.45) is 0. The van der Waals surface area contributed by atoms with Crippen LogP contribution in [0.25, 0.3) is 0 Å². The Kier molecular flexibility index (Phi) is 3.43. The van der Waals surface area contributed by atoms with Crippen molar-refractivity contribution in [3.63, 3.8) is 0 Å². The number of anilines is 1. The number of likely N-dealkylation sites (N-methyl/N-ethyl adjacent to an activating group) is 1. The van der Waals surface area contributed by atoms with E-state index in [0.29, 0.717) is 17.1 Å². The summed E-state index contributed by atoms with van der Waals surface area (Å²) in [4.78, 5) is 18.9. The highest BCUT2D eigenvalue weighted by Gasteiger charge is 2.07. The van der Waals surface area contributed by atoms with Gasteiger partial charge in [-0.2, -0.15) is 9.97 Å². The van der Waals surface area contributed by atoms with E-state index in [0.717, 1.165) is 0 Å². The van der Waals surface area contributed by atoms with E-state index in [1.54, 1.807) is 13.8 Å². The highest BCUT2D eigenvalue weighted by molar-refractivity contribution is 5.77. The topological polar surface area (TPSA) is 90.1 Å². The third kappa shape index (κ3) is 2.80. The highest BCUT2D eigenvalue weighted by atomic mass is 16.5. The number of ether oxygens (including phenoxy) is 1. The second kappa shape index (κ2) is 4.59. The SMILES string of the molecule is CNC(=O)COc1nc(C)c(N)c(C)n1. The Bertz CT molecular complexity index is 355. The van der Waals surface area contributed by atoms with Crippen LogP contribution in [0.5, 0.6) is 6.01 Å². The van der Waals surface area contributed by atoms with Crippen molar-refractivity contribution < 1.29 is 9.53 Å². The molecule has 0 radical (unpaired) electrons. The third-order valence-corrected chi connectivity index (χ3v) is 1.92. The molecular formula is C9H14N4O2. The summed E-state index contributed by atoms with van der Waals surface area (Å²) in [6.45, 7) is 3.42. The maximum Gasteiger partial charge on any atom is 0.317 e. The molecule has 0 aromatic carbocycles. The maximum atomic E-state index is 10.9. The molecule has 1 aromatic rings. The molecule has 1 aromatic heterocycles. The monoisotopic (exact) mass is 210 g/mol. The molecule has 0 atom stereocenters. The molecule has 0 saturated heterocycles. The molecule has 0 saturated carbocycles. The fourth-order valence-electron chi connectivity index (χ4n) is 0.961. The van der Waals surface area contributed by atoms with Gasteiger partial charge in [-0.15, -0.1) is 0 Å². The van der Waals surface area contributed by atoms with Crippen molar-refractivity contribution in [3.8, 4) is 6.01 Å². The van der Waals surface area contributed by atoms with Gasteiger partial charge in [0, 0.05) is 7.05 Å². The Morgan fingerprint density at radius 2 is 1.93 bits per heavy atom. The number of hydrogen-bond donors (Lipinski definition) is 2. The molecule has 1 rings (SSSR count). The minimum atomic E-state index is -0.231. The van der Waals surface area contributed by atoms with Crippen LogP contribution in [0.1, 0.15) is 11.4 Å². The number of nitrogen functional groups attached to an aromatic ring is 1. The van der Waals surface area contributed by atoms with E-state index in [1.807, 2.05) is 0 Å². The molecular weight excluding hydrogens is 196 g/mol. The second-order valence-electron chi connectivity index (χ2n) is 3.05. The molecule has 15 heavy (non-hydrogen) atoms. The van der Waals surface area contributed by atoms with Crippen molar-refractivity contribution in [2.45, 2.75) is 13.8 Å². The molecule has 0 spiro atoms. The third-order valence-electron chi connectivity index (χ3n) is 1.92. The zero-order chi connectivity index (χ0) is 11.4. The van der Waals surface area contributed by atoms with Crippen LogP contribution in [-0.4, -0.2) is 29.5 Å². The summed E-state index contributed by atoms with van der Waals surface area (Å²) in [5.41, 5.74) is 7.51. The smallest absolute Gasteiger partial charge is 0.317 e. The quantitative estimate of drug-likeness (QED) is 0.721. The largest absolute Gasteiger partial charge is 0.453 e. The number of nitrogens with one attached hydrogen (secondary N) is 1. The van der Waals surface area contributed by atoms with Gasteiger partial charge in [0.25, 0.3) is 5.91 Å². The minimum Gasteiger partial charge on any atom is -0.453 e. The molecule has 6 nitrogen and oxygen atoms in total. The predicted octanol–water partition coefficient (Wildman–Crippen LogP) is -0.200. The number of hydrogen-bond acceptors (Lipinski definition) is 5. The van der Waals surface area contributed by atoms with Crippen LogP contribution in [0.3, 0.4) is 0 Å². The number of carbonyl (C=O) groups excluding carboxylic acids is 1. The highest BCUT2D eigenvalue weighted by Crippen LogP contribution is 2.15. The zero-order valence-corrected chi connectivity index (χ0v) is 9.00. The molecule has 3 N–H and O–H groups in total. The van der Waals surface area contributed by atoms with Gasteiger partial charge in [-0.05, 0) is 13.8 Å². The summed E-state index contributed by atoms with van der Waals surface area (Å²) in [5.74, 6) is -0.231. The van der Waals surface area contributed by atoms with Gasteiger partial charge in [-0.25, -0.2) is 0 Å². The number of aryl methyl sites for hydroxylation is 2. The van der Waals surface area contributed by atoms with Gasteiger partial charge in [-0.3, -0.25) is 4.79 Å². The first-order valence-electron chi connectivity index (χ1n) is 4.48. The van der Waals surface area contributed by atoms with Crippen molar-refractivity contribution in [2.24, 2.45) is 0 Å². The standard InChI is InChI=1S/C9H14N4O2/c1-5-8(10)6(2)13-9(12-5)15-4-7(14)11-3/h4,10H2,1-3H3,(H,11,14). The number of rotatable bonds is 3. The summed E-state index contributed by atoms with van der Waals surface area (Å²) in [6, 6.07) is 0.169. The van der Waals surface area contributed by atoms with E-state index < -0.39 is 0 Å². The maximum absolute atomic E-state index is 10.9. The summed E-state index contributed by atoms with van der Waals surface area (Å²) in [7, 11) is 1.53. The average Bonchev–Trinajstić information content (AvgIpc) is 2.22. The number of nitrogens with two attached hydrogens (primary N) is 1. The van der Waals surface area contributed by atoms with E-state index in [4.69, 9.17) is 10.5 Å². The van der Waals surface area contributed by atoms with Gasteiger partial charge in [0.05, 0.1) is 17.1 Å². The summed E-state index contributed by atoms with van der Waals surface area (Å²) < 4.78 is 5.09. The Morgan fingerprint density at radius 3 is 2.40 bits per heavy atom. The first-order chi connectivity index (χ1) is 7.04. The Labute approximate surface area is 87.9 Å². The van der Waals surface area contributed by atoms with Crippen LogP contribution in [0, 0.1) is 13.8 Å². The van der Waals surface area contributed by atoms with E-state index in [9.17, 15) is 4.79 Å².